The predicted molar refractivity (Wildman–Crippen MR) is 131 cm³/mol. The highest BCUT2D eigenvalue weighted by Crippen LogP contribution is 2.38. The second kappa shape index (κ2) is 8.95. The molecule has 1 aliphatic carbocycles. The summed E-state index contributed by atoms with van der Waals surface area (Å²) in [5, 5.41) is 6.64. The Balaban J connectivity index is 1.48. The fraction of sp³-hybridized carbons (Fsp3) is 0.269. The van der Waals surface area contributed by atoms with Gasteiger partial charge in [0.2, 0.25) is 0 Å². The van der Waals surface area contributed by atoms with Gasteiger partial charge in [-0.25, -0.2) is 0 Å². The number of aryl methyl sites for hydroxylation is 3. The second-order valence-electron chi connectivity index (χ2n) is 8.49. The Morgan fingerprint density at radius 2 is 1.91 bits per heavy atom. The molecular weight excluding hydrogens is 452 g/mol. The van der Waals surface area contributed by atoms with E-state index < -0.39 is 5.91 Å². The molecule has 0 atom stereocenters. The van der Waals surface area contributed by atoms with Crippen LogP contribution in [-0.4, -0.2) is 11.8 Å². The lowest BCUT2D eigenvalue weighted by Gasteiger charge is -2.13. The number of fused-ring (bicyclic) bond motifs is 2. The largest absolute Gasteiger partial charge is 0.467 e. The Hall–Kier alpha value is -3.65. The second-order valence-corrected chi connectivity index (χ2v) is 9.60. The van der Waals surface area contributed by atoms with E-state index in [2.05, 4.69) is 10.6 Å². The minimum atomic E-state index is -0.557. The van der Waals surface area contributed by atoms with E-state index >= 15 is 0 Å². The van der Waals surface area contributed by atoms with Crippen LogP contribution in [0.4, 0.5) is 5.00 Å². The lowest BCUT2D eigenvalue weighted by Crippen LogP contribution is -2.25. The van der Waals surface area contributed by atoms with Crippen LogP contribution < -0.4 is 16.1 Å². The van der Waals surface area contributed by atoms with Crippen molar-refractivity contribution in [2.24, 2.45) is 0 Å². The smallest absolute Gasteiger partial charge is 0.292 e. The van der Waals surface area contributed by atoms with Gasteiger partial charge in [-0.1, -0.05) is 6.07 Å². The van der Waals surface area contributed by atoms with Crippen LogP contribution in [0.15, 0.2) is 50.2 Å². The summed E-state index contributed by atoms with van der Waals surface area (Å²) in [6, 6.07) is 8.33. The molecule has 34 heavy (non-hydrogen) atoms. The first-order valence-corrected chi connectivity index (χ1v) is 12.0. The van der Waals surface area contributed by atoms with E-state index in [0.717, 1.165) is 47.3 Å². The number of thiophene rings is 1. The number of rotatable bonds is 5. The molecule has 174 valence electrons. The third-order valence-electron chi connectivity index (χ3n) is 6.27. The molecule has 0 spiro atoms. The van der Waals surface area contributed by atoms with Crippen molar-refractivity contribution >= 4 is 39.1 Å². The number of carbonyl (C=O) groups is 2. The van der Waals surface area contributed by atoms with Gasteiger partial charge in [0.1, 0.15) is 16.3 Å². The van der Waals surface area contributed by atoms with Gasteiger partial charge < -0.3 is 19.5 Å². The molecule has 8 heteroatoms. The number of benzene rings is 1. The highest BCUT2D eigenvalue weighted by molar-refractivity contribution is 7.17. The Morgan fingerprint density at radius 1 is 1.09 bits per heavy atom. The molecule has 0 radical (unpaired) electrons. The van der Waals surface area contributed by atoms with E-state index in [1.54, 1.807) is 24.5 Å². The van der Waals surface area contributed by atoms with E-state index in [1.165, 1.54) is 17.4 Å². The molecule has 0 fully saturated rings. The summed E-state index contributed by atoms with van der Waals surface area (Å²) < 4.78 is 11.2. The third-order valence-corrected chi connectivity index (χ3v) is 7.48. The minimum absolute atomic E-state index is 0.0838. The van der Waals surface area contributed by atoms with Crippen LogP contribution in [0.1, 0.15) is 61.1 Å². The first-order valence-electron chi connectivity index (χ1n) is 11.2. The average Bonchev–Trinajstić information content (AvgIpc) is 3.47. The maximum Gasteiger partial charge on any atom is 0.292 e. The fourth-order valence-corrected chi connectivity index (χ4v) is 5.57. The molecule has 1 aromatic carbocycles. The van der Waals surface area contributed by atoms with Gasteiger partial charge >= 0.3 is 0 Å². The molecule has 0 unspecified atom stereocenters. The van der Waals surface area contributed by atoms with Crippen LogP contribution in [0.2, 0.25) is 0 Å². The van der Waals surface area contributed by atoms with Crippen molar-refractivity contribution in [3.8, 4) is 0 Å². The first-order chi connectivity index (χ1) is 16.4. The number of hydrogen-bond donors (Lipinski definition) is 2. The van der Waals surface area contributed by atoms with Crippen LogP contribution in [0, 0.1) is 13.8 Å². The summed E-state index contributed by atoms with van der Waals surface area (Å²) in [6.07, 6.45) is 5.26. The summed E-state index contributed by atoms with van der Waals surface area (Å²) in [4.78, 5) is 40.1. The number of carbonyl (C=O) groups excluding carboxylic acids is 2. The number of furan rings is 1. The highest BCUT2D eigenvalue weighted by atomic mass is 32.1. The average molecular weight is 477 g/mol. The monoisotopic (exact) mass is 476 g/mol. The number of nitrogens with one attached hydrogen (secondary N) is 2. The lowest BCUT2D eigenvalue weighted by atomic mass is 9.95. The van der Waals surface area contributed by atoms with Crippen molar-refractivity contribution in [3.05, 3.63) is 85.5 Å². The van der Waals surface area contributed by atoms with E-state index in [1.807, 2.05) is 19.9 Å². The molecule has 2 N–H and O–H groups in total. The van der Waals surface area contributed by atoms with Gasteiger partial charge in [0, 0.05) is 10.9 Å². The SMILES string of the molecule is Cc1ccc2c(=O)cc(C(=O)Nc3sc4c(c3C(=O)NCc3ccco3)CCCC4)oc2c1C. The standard InChI is InChI=1S/C26H24N2O5S/c1-14-9-10-17-19(29)12-20(33-23(17)15(14)2)24(30)28-26-22(18-7-3-4-8-21(18)34-26)25(31)27-13-16-6-5-11-32-16/h5-6,9-12H,3-4,7-8,13H2,1-2H3,(H,27,31)(H,28,30). The number of anilines is 1. The van der Waals surface area contributed by atoms with Crippen molar-refractivity contribution in [2.75, 3.05) is 5.32 Å². The molecular formula is C26H24N2O5S. The summed E-state index contributed by atoms with van der Waals surface area (Å²) in [7, 11) is 0. The van der Waals surface area contributed by atoms with Crippen LogP contribution in [-0.2, 0) is 19.4 Å². The van der Waals surface area contributed by atoms with Crippen molar-refractivity contribution in [2.45, 2.75) is 46.1 Å². The van der Waals surface area contributed by atoms with Gasteiger partial charge in [-0.15, -0.1) is 11.3 Å². The normalized spacial score (nSPS) is 13.0. The third kappa shape index (κ3) is 4.05. The molecule has 0 saturated carbocycles. The predicted octanol–water partition coefficient (Wildman–Crippen LogP) is 5.13. The molecule has 0 bridgehead atoms. The summed E-state index contributed by atoms with van der Waals surface area (Å²) in [6.45, 7) is 4.03. The molecule has 0 saturated heterocycles. The van der Waals surface area contributed by atoms with Crippen molar-refractivity contribution in [3.63, 3.8) is 0 Å². The Labute approximate surface area is 199 Å². The zero-order chi connectivity index (χ0) is 23.8. The van der Waals surface area contributed by atoms with Gasteiger partial charge in [-0.2, -0.15) is 0 Å². The van der Waals surface area contributed by atoms with Gasteiger partial charge in [0.15, 0.2) is 11.2 Å². The van der Waals surface area contributed by atoms with Crippen LogP contribution in [0.5, 0.6) is 0 Å². The zero-order valence-corrected chi connectivity index (χ0v) is 19.8. The molecule has 3 heterocycles. The molecule has 3 aromatic heterocycles. The van der Waals surface area contributed by atoms with E-state index in [-0.39, 0.29) is 23.6 Å². The molecule has 7 nitrogen and oxygen atoms in total. The number of hydrogen-bond acceptors (Lipinski definition) is 6. The summed E-state index contributed by atoms with van der Waals surface area (Å²) >= 11 is 1.41. The fourth-order valence-electron chi connectivity index (χ4n) is 4.29. The molecule has 1 aliphatic rings. The molecule has 4 aromatic rings. The molecule has 2 amide bonds. The van der Waals surface area contributed by atoms with Crippen LogP contribution >= 0.6 is 11.3 Å². The molecule has 0 aliphatic heterocycles. The summed E-state index contributed by atoms with van der Waals surface area (Å²) in [5.41, 5.74) is 3.36. The van der Waals surface area contributed by atoms with E-state index in [4.69, 9.17) is 8.83 Å². The van der Waals surface area contributed by atoms with E-state index in [0.29, 0.717) is 27.3 Å². The van der Waals surface area contributed by atoms with Crippen molar-refractivity contribution in [1.29, 1.82) is 0 Å². The quantitative estimate of drug-likeness (QED) is 0.416. The van der Waals surface area contributed by atoms with Crippen molar-refractivity contribution in [1.82, 2.24) is 5.32 Å². The maximum absolute atomic E-state index is 13.2. The highest BCUT2D eigenvalue weighted by Gasteiger charge is 2.27. The maximum atomic E-state index is 13.2. The first kappa shape index (κ1) is 22.2. The zero-order valence-electron chi connectivity index (χ0n) is 18.9. The van der Waals surface area contributed by atoms with E-state index in [9.17, 15) is 14.4 Å². The molecule has 5 rings (SSSR count). The van der Waals surface area contributed by atoms with Gasteiger partial charge in [-0.05, 0) is 74.4 Å². The van der Waals surface area contributed by atoms with Crippen LogP contribution in [0.3, 0.4) is 0 Å². The Kier molecular flexibility index (Phi) is 5.83. The summed E-state index contributed by atoms with van der Waals surface area (Å²) in [5.74, 6) is -0.262. The van der Waals surface area contributed by atoms with Gasteiger partial charge in [0.25, 0.3) is 11.8 Å². The Morgan fingerprint density at radius 3 is 2.71 bits per heavy atom. The number of amides is 2. The topological polar surface area (TPSA) is 102 Å². The minimum Gasteiger partial charge on any atom is -0.467 e. The van der Waals surface area contributed by atoms with Gasteiger partial charge in [0.05, 0.1) is 23.8 Å². The lowest BCUT2D eigenvalue weighted by molar-refractivity contribution is 0.0948. The Bertz CT molecular complexity index is 1460. The van der Waals surface area contributed by atoms with Crippen molar-refractivity contribution < 1.29 is 18.4 Å². The van der Waals surface area contributed by atoms with Crippen LogP contribution in [0.25, 0.3) is 11.0 Å². The van der Waals surface area contributed by atoms with Gasteiger partial charge in [-0.3, -0.25) is 14.4 Å².